The largest absolute Gasteiger partial charge is 0.381 e. The molecule has 1 atom stereocenters. The van der Waals surface area contributed by atoms with Crippen LogP contribution in [-0.4, -0.2) is 57.8 Å². The lowest BCUT2D eigenvalue weighted by Gasteiger charge is -2.20. The number of nitrogens with one attached hydrogen (secondary N) is 1. The summed E-state index contributed by atoms with van der Waals surface area (Å²) in [6, 6.07) is 4.40. The molecule has 4 rings (SSSR count). The molecule has 0 bridgehead atoms. The fourth-order valence-electron chi connectivity index (χ4n) is 3.61. The van der Waals surface area contributed by atoms with Crippen LogP contribution in [0.1, 0.15) is 28.4 Å². The second kappa shape index (κ2) is 8.46. The van der Waals surface area contributed by atoms with E-state index >= 15 is 0 Å². The number of nitrogens with zero attached hydrogens (tertiary/aromatic N) is 4. The fourth-order valence-corrected chi connectivity index (χ4v) is 3.78. The van der Waals surface area contributed by atoms with Crippen LogP contribution in [0.3, 0.4) is 0 Å². The van der Waals surface area contributed by atoms with Gasteiger partial charge in [0.25, 0.3) is 5.91 Å². The Morgan fingerprint density at radius 1 is 1.28 bits per heavy atom. The van der Waals surface area contributed by atoms with Gasteiger partial charge in [-0.05, 0) is 18.6 Å². The number of fused-ring (bicyclic) bond motifs is 1. The Labute approximate surface area is 172 Å². The van der Waals surface area contributed by atoms with E-state index < -0.39 is 11.7 Å². The number of aromatic nitrogens is 3. The lowest BCUT2D eigenvalue weighted by molar-refractivity contribution is -0.125. The summed E-state index contributed by atoms with van der Waals surface area (Å²) >= 11 is 5.80. The summed E-state index contributed by atoms with van der Waals surface area (Å²) in [5.74, 6) is 0.0849. The van der Waals surface area contributed by atoms with Crippen molar-refractivity contribution in [3.8, 4) is 0 Å². The molecule has 0 saturated carbocycles. The van der Waals surface area contributed by atoms with E-state index in [2.05, 4.69) is 15.5 Å². The zero-order chi connectivity index (χ0) is 20.4. The van der Waals surface area contributed by atoms with E-state index in [0.29, 0.717) is 45.1 Å². The normalized spacial score (nSPS) is 19.0. The molecular weight excluding hydrogens is 401 g/mol. The van der Waals surface area contributed by atoms with Gasteiger partial charge in [0.2, 0.25) is 5.91 Å². The van der Waals surface area contributed by atoms with E-state index in [0.717, 1.165) is 12.2 Å². The van der Waals surface area contributed by atoms with Crippen molar-refractivity contribution >= 4 is 23.4 Å². The first-order valence-corrected chi connectivity index (χ1v) is 9.92. The second-order valence-electron chi connectivity index (χ2n) is 7.11. The number of hydrogen-bond acceptors (Lipinski definition) is 5. The summed E-state index contributed by atoms with van der Waals surface area (Å²) in [5, 5.41) is 11.2. The lowest BCUT2D eigenvalue weighted by atomic mass is 10.1. The third-order valence-corrected chi connectivity index (χ3v) is 5.59. The van der Waals surface area contributed by atoms with Crippen LogP contribution in [0.2, 0.25) is 5.02 Å². The molecule has 10 heteroatoms. The topological polar surface area (TPSA) is 89.4 Å². The van der Waals surface area contributed by atoms with Crippen LogP contribution in [-0.2, 0) is 29.0 Å². The van der Waals surface area contributed by atoms with Crippen molar-refractivity contribution < 1.29 is 18.7 Å². The highest BCUT2D eigenvalue weighted by Crippen LogP contribution is 2.20. The van der Waals surface area contributed by atoms with Gasteiger partial charge in [-0.3, -0.25) is 9.59 Å². The zero-order valence-corrected chi connectivity index (χ0v) is 16.5. The number of amides is 2. The van der Waals surface area contributed by atoms with Crippen molar-refractivity contribution in [3.63, 3.8) is 0 Å². The number of hydrogen-bond donors (Lipinski definition) is 1. The Hall–Kier alpha value is -2.52. The highest BCUT2D eigenvalue weighted by molar-refractivity contribution is 6.31. The minimum absolute atomic E-state index is 0.0403. The van der Waals surface area contributed by atoms with Crippen molar-refractivity contribution in [1.29, 1.82) is 0 Å². The number of carbonyl (C=O) groups excluding carboxylic acids is 2. The Morgan fingerprint density at radius 3 is 2.93 bits per heavy atom. The van der Waals surface area contributed by atoms with Crippen molar-refractivity contribution in [3.05, 3.63) is 46.3 Å². The SMILES string of the molecule is O=C(NCc1nnc2n1CCN(C(=O)c1cccc(Cl)c1F)CC2)[C@@H]1CCOC1. The van der Waals surface area contributed by atoms with Crippen LogP contribution in [0, 0.1) is 11.7 Å². The zero-order valence-electron chi connectivity index (χ0n) is 15.7. The highest BCUT2D eigenvalue weighted by atomic mass is 35.5. The molecule has 1 fully saturated rings. The van der Waals surface area contributed by atoms with Crippen LogP contribution in [0.4, 0.5) is 4.39 Å². The van der Waals surface area contributed by atoms with E-state index in [4.69, 9.17) is 16.3 Å². The van der Waals surface area contributed by atoms with E-state index in [1.54, 1.807) is 11.0 Å². The Morgan fingerprint density at radius 2 is 2.14 bits per heavy atom. The van der Waals surface area contributed by atoms with Crippen LogP contribution >= 0.6 is 11.6 Å². The predicted octanol–water partition coefficient (Wildman–Crippen LogP) is 1.42. The minimum atomic E-state index is -0.706. The van der Waals surface area contributed by atoms with E-state index in [1.165, 1.54) is 12.1 Å². The molecule has 1 N–H and O–H groups in total. The molecule has 3 heterocycles. The molecule has 0 spiro atoms. The van der Waals surface area contributed by atoms with Crippen LogP contribution in [0.15, 0.2) is 18.2 Å². The van der Waals surface area contributed by atoms with Gasteiger partial charge in [-0.15, -0.1) is 10.2 Å². The maximum Gasteiger partial charge on any atom is 0.256 e. The summed E-state index contributed by atoms with van der Waals surface area (Å²) in [7, 11) is 0. The third kappa shape index (κ3) is 4.11. The smallest absolute Gasteiger partial charge is 0.256 e. The molecule has 1 aromatic heterocycles. The average Bonchev–Trinajstić information content (AvgIpc) is 3.34. The van der Waals surface area contributed by atoms with Crippen molar-refractivity contribution in [1.82, 2.24) is 25.0 Å². The van der Waals surface area contributed by atoms with Gasteiger partial charge < -0.3 is 19.5 Å². The summed E-state index contributed by atoms with van der Waals surface area (Å²) < 4.78 is 21.4. The Balaban J connectivity index is 1.41. The molecular formula is C19H21ClFN5O3. The third-order valence-electron chi connectivity index (χ3n) is 5.29. The first-order valence-electron chi connectivity index (χ1n) is 9.54. The molecule has 1 aromatic carbocycles. The van der Waals surface area contributed by atoms with Crippen LogP contribution < -0.4 is 5.32 Å². The average molecular weight is 422 g/mol. The highest BCUT2D eigenvalue weighted by Gasteiger charge is 2.26. The maximum absolute atomic E-state index is 14.2. The van der Waals surface area contributed by atoms with Crippen LogP contribution in [0.25, 0.3) is 0 Å². The molecule has 0 aliphatic carbocycles. The molecule has 2 amide bonds. The van der Waals surface area contributed by atoms with Gasteiger partial charge in [0.15, 0.2) is 11.6 Å². The molecule has 1 saturated heterocycles. The van der Waals surface area contributed by atoms with E-state index in [-0.39, 0.29) is 29.0 Å². The standard InChI is InChI=1S/C19H21ClFN5O3/c20-14-3-1-2-13(17(14)21)19(28)25-6-4-15-23-24-16(26(15)8-7-25)10-22-18(27)12-5-9-29-11-12/h1-3,12H,4-11H2,(H,22,27)/t12-/m1/s1. The molecule has 2 aliphatic heterocycles. The maximum atomic E-state index is 14.2. The minimum Gasteiger partial charge on any atom is -0.381 e. The van der Waals surface area contributed by atoms with E-state index in [1.807, 2.05) is 4.57 Å². The van der Waals surface area contributed by atoms with Gasteiger partial charge >= 0.3 is 0 Å². The molecule has 0 unspecified atom stereocenters. The predicted molar refractivity (Wildman–Crippen MR) is 102 cm³/mol. The van der Waals surface area contributed by atoms with Gasteiger partial charge in [0.1, 0.15) is 5.82 Å². The fraction of sp³-hybridized carbons (Fsp3) is 0.474. The summed E-state index contributed by atoms with van der Waals surface area (Å²) in [6.07, 6.45) is 1.21. The molecule has 2 aromatic rings. The van der Waals surface area contributed by atoms with Gasteiger partial charge in [0.05, 0.1) is 29.7 Å². The lowest BCUT2D eigenvalue weighted by Crippen LogP contribution is -2.34. The first-order chi connectivity index (χ1) is 14.0. The quantitative estimate of drug-likeness (QED) is 0.806. The number of rotatable bonds is 4. The van der Waals surface area contributed by atoms with Gasteiger partial charge in [-0.2, -0.15) is 0 Å². The van der Waals surface area contributed by atoms with Gasteiger partial charge in [-0.1, -0.05) is 17.7 Å². The number of halogens is 2. The molecule has 2 aliphatic rings. The van der Waals surface area contributed by atoms with Crippen molar-refractivity contribution in [2.24, 2.45) is 5.92 Å². The Bertz CT molecular complexity index is 929. The summed E-state index contributed by atoms with van der Waals surface area (Å²) in [4.78, 5) is 26.5. The number of benzene rings is 1. The van der Waals surface area contributed by atoms with E-state index in [9.17, 15) is 14.0 Å². The van der Waals surface area contributed by atoms with Crippen molar-refractivity contribution in [2.45, 2.75) is 25.9 Å². The summed E-state index contributed by atoms with van der Waals surface area (Å²) in [6.45, 7) is 2.56. The molecule has 29 heavy (non-hydrogen) atoms. The second-order valence-corrected chi connectivity index (χ2v) is 7.51. The Kier molecular flexibility index (Phi) is 5.77. The van der Waals surface area contributed by atoms with Crippen molar-refractivity contribution in [2.75, 3.05) is 26.3 Å². The molecule has 8 nitrogen and oxygen atoms in total. The monoisotopic (exact) mass is 421 g/mol. The summed E-state index contributed by atoms with van der Waals surface area (Å²) in [5.41, 5.74) is -0.0403. The molecule has 0 radical (unpaired) electrons. The number of ether oxygens (including phenoxy) is 1. The molecule has 154 valence electrons. The van der Waals surface area contributed by atoms with Gasteiger partial charge in [-0.25, -0.2) is 4.39 Å². The van der Waals surface area contributed by atoms with Gasteiger partial charge in [0, 0.05) is 32.7 Å². The van der Waals surface area contributed by atoms with Crippen LogP contribution in [0.5, 0.6) is 0 Å². The first kappa shape index (κ1) is 19.8. The number of carbonyl (C=O) groups is 2.